The number of oxazole rings is 1. The molecule has 0 fully saturated rings. The number of ether oxygens (including phenoxy) is 1. The van der Waals surface area contributed by atoms with Gasteiger partial charge in [-0.15, -0.1) is 0 Å². The van der Waals surface area contributed by atoms with Crippen LogP contribution in [0.5, 0.6) is 5.75 Å². The lowest BCUT2D eigenvalue weighted by atomic mass is 10.1. The highest BCUT2D eigenvalue weighted by atomic mass is 32.1. The van der Waals surface area contributed by atoms with E-state index in [4.69, 9.17) is 21.4 Å². The second-order valence-corrected chi connectivity index (χ2v) is 8.99. The van der Waals surface area contributed by atoms with Crippen LogP contribution in [0.1, 0.15) is 40.9 Å². The smallest absolute Gasteiger partial charge is 0.257 e. The Balaban J connectivity index is 1.51. The summed E-state index contributed by atoms with van der Waals surface area (Å²) in [5.41, 5.74) is 6.80. The molecule has 0 saturated carbocycles. The van der Waals surface area contributed by atoms with Crippen molar-refractivity contribution < 1.29 is 13.9 Å². The van der Waals surface area contributed by atoms with Gasteiger partial charge in [0, 0.05) is 16.8 Å². The van der Waals surface area contributed by atoms with E-state index in [0.29, 0.717) is 17.2 Å². The topological polar surface area (TPSA) is 76.4 Å². The van der Waals surface area contributed by atoms with E-state index in [-0.39, 0.29) is 17.1 Å². The molecule has 0 bridgehead atoms. The molecule has 0 atom stereocenters. The molecule has 1 amide bonds. The molecule has 0 aliphatic carbocycles. The molecule has 2 N–H and O–H groups in total. The van der Waals surface area contributed by atoms with Crippen LogP contribution in [-0.2, 0) is 0 Å². The third-order valence-electron chi connectivity index (χ3n) is 5.25. The number of fused-ring (bicyclic) bond motifs is 1. The summed E-state index contributed by atoms with van der Waals surface area (Å²) in [6.07, 6.45) is 0.0190. The summed E-state index contributed by atoms with van der Waals surface area (Å²) in [6, 6.07) is 16.9. The van der Waals surface area contributed by atoms with Crippen molar-refractivity contribution in [2.45, 2.75) is 40.7 Å². The molecular weight excluding hydrogens is 446 g/mol. The van der Waals surface area contributed by atoms with Gasteiger partial charge < -0.3 is 14.5 Å². The molecule has 0 radical (unpaired) electrons. The minimum Gasteiger partial charge on any atom is -0.491 e. The molecule has 1 aromatic heterocycles. The molecule has 34 heavy (non-hydrogen) atoms. The fraction of sp³-hybridized carbons (Fsp3) is 0.222. The first-order valence-electron chi connectivity index (χ1n) is 11.1. The zero-order valence-corrected chi connectivity index (χ0v) is 20.7. The Morgan fingerprint density at radius 2 is 1.82 bits per heavy atom. The molecular formula is C27H27N3O3S. The van der Waals surface area contributed by atoms with Crippen LogP contribution >= 0.6 is 12.2 Å². The molecule has 174 valence electrons. The SMILES string of the molecule is Cc1cc(C)c2oc(-c3ccc(C)c(NC(=S)NC(=O)c4cccc(OC(C)C)c4)c3)nc2c1. The van der Waals surface area contributed by atoms with Crippen LogP contribution in [0.25, 0.3) is 22.6 Å². The number of benzene rings is 3. The van der Waals surface area contributed by atoms with Gasteiger partial charge in [0.05, 0.1) is 6.10 Å². The van der Waals surface area contributed by atoms with Crippen LogP contribution in [0, 0.1) is 20.8 Å². The highest BCUT2D eigenvalue weighted by Gasteiger charge is 2.14. The van der Waals surface area contributed by atoms with Gasteiger partial charge in [0.25, 0.3) is 5.91 Å². The van der Waals surface area contributed by atoms with Gasteiger partial charge in [0.2, 0.25) is 5.89 Å². The van der Waals surface area contributed by atoms with Gasteiger partial charge >= 0.3 is 0 Å². The molecule has 0 saturated heterocycles. The molecule has 0 aliphatic rings. The lowest BCUT2D eigenvalue weighted by molar-refractivity contribution is 0.0977. The van der Waals surface area contributed by atoms with E-state index in [9.17, 15) is 4.79 Å². The van der Waals surface area contributed by atoms with Gasteiger partial charge in [-0.3, -0.25) is 10.1 Å². The van der Waals surface area contributed by atoms with E-state index in [2.05, 4.69) is 21.7 Å². The van der Waals surface area contributed by atoms with Gasteiger partial charge in [-0.05, 0) is 99.9 Å². The van der Waals surface area contributed by atoms with Crippen LogP contribution in [0.4, 0.5) is 5.69 Å². The summed E-state index contributed by atoms with van der Waals surface area (Å²) in [4.78, 5) is 17.4. The van der Waals surface area contributed by atoms with Crippen molar-refractivity contribution in [2.75, 3.05) is 5.32 Å². The number of hydrogen-bond donors (Lipinski definition) is 2. The first kappa shape index (κ1) is 23.4. The van der Waals surface area contributed by atoms with Gasteiger partial charge in [-0.2, -0.15) is 0 Å². The standard InChI is InChI=1S/C27H27N3O3S/c1-15(2)32-21-8-6-7-19(13-21)25(31)30-27(34)29-22-14-20(10-9-17(22)4)26-28-23-12-16(3)11-18(5)24(23)33-26/h6-15H,1-5H3,(H2,29,30,31,34). The van der Waals surface area contributed by atoms with Crippen LogP contribution < -0.4 is 15.4 Å². The van der Waals surface area contributed by atoms with E-state index in [0.717, 1.165) is 39.0 Å². The Morgan fingerprint density at radius 3 is 2.59 bits per heavy atom. The zero-order valence-electron chi connectivity index (χ0n) is 19.9. The molecule has 6 nitrogen and oxygen atoms in total. The minimum atomic E-state index is -0.315. The third-order valence-corrected chi connectivity index (χ3v) is 5.45. The average molecular weight is 474 g/mol. The molecule has 4 rings (SSSR count). The second kappa shape index (κ2) is 9.65. The maximum atomic E-state index is 12.7. The Kier molecular flexibility index (Phi) is 6.65. The maximum Gasteiger partial charge on any atom is 0.257 e. The lowest BCUT2D eigenvalue weighted by Gasteiger charge is -2.14. The first-order valence-corrected chi connectivity index (χ1v) is 11.5. The monoisotopic (exact) mass is 473 g/mol. The van der Waals surface area contributed by atoms with Crippen molar-refractivity contribution >= 4 is 40.0 Å². The third kappa shape index (κ3) is 5.26. The molecule has 7 heteroatoms. The number of carbonyl (C=O) groups is 1. The largest absolute Gasteiger partial charge is 0.491 e. The first-order chi connectivity index (χ1) is 16.2. The number of nitrogens with zero attached hydrogens (tertiary/aromatic N) is 1. The highest BCUT2D eigenvalue weighted by molar-refractivity contribution is 7.80. The number of nitrogens with one attached hydrogen (secondary N) is 2. The van der Waals surface area contributed by atoms with E-state index in [1.54, 1.807) is 18.2 Å². The van der Waals surface area contributed by atoms with Crippen molar-refractivity contribution in [2.24, 2.45) is 0 Å². The zero-order chi connectivity index (χ0) is 24.4. The summed E-state index contributed by atoms with van der Waals surface area (Å²) < 4.78 is 11.7. The molecule has 0 unspecified atom stereocenters. The average Bonchev–Trinajstić information content (AvgIpc) is 3.19. The maximum absolute atomic E-state index is 12.7. The quantitative estimate of drug-likeness (QED) is 0.330. The molecule has 4 aromatic rings. The predicted molar refractivity (Wildman–Crippen MR) is 140 cm³/mol. The van der Waals surface area contributed by atoms with Crippen LogP contribution in [0.15, 0.2) is 59.0 Å². The van der Waals surface area contributed by atoms with E-state index in [1.807, 2.05) is 65.0 Å². The fourth-order valence-corrected chi connectivity index (χ4v) is 3.90. The van der Waals surface area contributed by atoms with E-state index < -0.39 is 0 Å². The fourth-order valence-electron chi connectivity index (χ4n) is 3.70. The molecule has 1 heterocycles. The van der Waals surface area contributed by atoms with Gasteiger partial charge in [0.1, 0.15) is 11.3 Å². The Morgan fingerprint density at radius 1 is 1.03 bits per heavy atom. The van der Waals surface area contributed by atoms with Crippen LogP contribution in [0.2, 0.25) is 0 Å². The Hall–Kier alpha value is -3.71. The molecule has 0 aliphatic heterocycles. The van der Waals surface area contributed by atoms with E-state index in [1.165, 1.54) is 0 Å². The lowest BCUT2D eigenvalue weighted by Crippen LogP contribution is -2.34. The summed E-state index contributed by atoms with van der Waals surface area (Å²) in [5, 5.41) is 6.05. The highest BCUT2D eigenvalue weighted by Crippen LogP contribution is 2.30. The Bertz CT molecular complexity index is 1390. The summed E-state index contributed by atoms with van der Waals surface area (Å²) in [6.45, 7) is 9.88. The minimum absolute atomic E-state index is 0.0190. The summed E-state index contributed by atoms with van der Waals surface area (Å²) in [7, 11) is 0. The van der Waals surface area contributed by atoms with Gasteiger partial charge in [0.15, 0.2) is 10.7 Å². The summed E-state index contributed by atoms with van der Waals surface area (Å²) >= 11 is 5.41. The van der Waals surface area contributed by atoms with Crippen molar-refractivity contribution in [3.63, 3.8) is 0 Å². The normalized spacial score (nSPS) is 11.0. The number of hydrogen-bond acceptors (Lipinski definition) is 5. The van der Waals surface area contributed by atoms with Crippen molar-refractivity contribution in [3.05, 3.63) is 76.9 Å². The van der Waals surface area contributed by atoms with Crippen LogP contribution in [0.3, 0.4) is 0 Å². The molecule has 3 aromatic carbocycles. The number of anilines is 1. The number of aryl methyl sites for hydroxylation is 3. The van der Waals surface area contributed by atoms with Crippen molar-refractivity contribution in [3.8, 4) is 17.2 Å². The number of amides is 1. The number of aromatic nitrogens is 1. The van der Waals surface area contributed by atoms with Crippen molar-refractivity contribution in [1.82, 2.24) is 10.3 Å². The molecule has 0 spiro atoms. The predicted octanol–water partition coefficient (Wildman–Crippen LogP) is 6.33. The van der Waals surface area contributed by atoms with E-state index >= 15 is 0 Å². The van der Waals surface area contributed by atoms with Gasteiger partial charge in [-0.1, -0.05) is 18.2 Å². The Labute approximate surface area is 204 Å². The van der Waals surface area contributed by atoms with Crippen LogP contribution in [-0.4, -0.2) is 22.1 Å². The van der Waals surface area contributed by atoms with Crippen molar-refractivity contribution in [1.29, 1.82) is 0 Å². The number of thiocarbonyl (C=S) groups is 1. The number of rotatable bonds is 5. The van der Waals surface area contributed by atoms with Gasteiger partial charge in [-0.25, -0.2) is 4.98 Å². The number of carbonyl (C=O) groups excluding carboxylic acids is 1. The summed E-state index contributed by atoms with van der Waals surface area (Å²) in [5.74, 6) is 0.850. The second-order valence-electron chi connectivity index (χ2n) is 8.58.